The molecule has 0 N–H and O–H groups in total. The summed E-state index contributed by atoms with van der Waals surface area (Å²) in [6.45, 7) is 13.3. The lowest BCUT2D eigenvalue weighted by Gasteiger charge is -2.41. The summed E-state index contributed by atoms with van der Waals surface area (Å²) in [7, 11) is -0.565. The van der Waals surface area contributed by atoms with Crippen molar-refractivity contribution in [3.63, 3.8) is 0 Å². The summed E-state index contributed by atoms with van der Waals surface area (Å²) in [5, 5.41) is 8.22. The highest BCUT2D eigenvalue weighted by Gasteiger charge is 2.51. The molecule has 0 aromatic heterocycles. The number of esters is 1. The Morgan fingerprint density at radius 3 is 2.32 bits per heavy atom. The number of hydrogen-bond donors (Lipinski definition) is 0. The molecule has 0 amide bonds. The molecular weight excluding hydrogens is 260 g/mol. The van der Waals surface area contributed by atoms with Crippen molar-refractivity contribution < 1.29 is 14.0 Å². The Morgan fingerprint density at radius 2 is 1.95 bits per heavy atom. The molecule has 1 aliphatic rings. The molecule has 0 aromatic rings. The van der Waals surface area contributed by atoms with Crippen LogP contribution in [0.3, 0.4) is 0 Å². The molecule has 0 bridgehead atoms. The third kappa shape index (κ3) is 3.05. The number of hydrogen-bond acceptors (Lipinski definition) is 5. The van der Waals surface area contributed by atoms with Crippen molar-refractivity contribution in [1.82, 2.24) is 0 Å². The summed E-state index contributed by atoms with van der Waals surface area (Å²) in [6, 6.07) is 0. The fraction of sp³-hybridized carbons (Fsp3) is 0.923. The zero-order valence-electron chi connectivity index (χ0n) is 13.1. The molecule has 0 aliphatic carbocycles. The zero-order chi connectivity index (χ0) is 14.9. The monoisotopic (exact) mass is 286 g/mol. The van der Waals surface area contributed by atoms with E-state index in [-0.39, 0.29) is 17.1 Å². The Balaban J connectivity index is 2.95. The van der Waals surface area contributed by atoms with E-state index in [4.69, 9.17) is 9.16 Å². The molecule has 0 saturated carbocycles. The molecule has 110 valence electrons. The van der Waals surface area contributed by atoms with Crippen molar-refractivity contribution in [1.29, 1.82) is 0 Å². The van der Waals surface area contributed by atoms with Crippen LogP contribution in [0, 0.1) is 0 Å². The van der Waals surface area contributed by atoms with Crippen LogP contribution in [0.5, 0.6) is 0 Å². The SMILES string of the molecule is COC(=O)[C@]1([C@@H](C)O[Si](C)(C)C(C)(C)C)CCN=N1. The fourth-order valence-electron chi connectivity index (χ4n) is 1.93. The van der Waals surface area contributed by atoms with Crippen LogP contribution in [0.2, 0.25) is 18.1 Å². The number of methoxy groups -OCH3 is 1. The highest BCUT2D eigenvalue weighted by molar-refractivity contribution is 6.74. The normalized spacial score (nSPS) is 25.4. The Kier molecular flexibility index (Phi) is 4.57. The Bertz CT molecular complexity index is 377. The second-order valence-corrected chi connectivity index (χ2v) is 11.4. The van der Waals surface area contributed by atoms with E-state index in [1.807, 2.05) is 6.92 Å². The van der Waals surface area contributed by atoms with Gasteiger partial charge in [0, 0.05) is 6.42 Å². The highest BCUT2D eigenvalue weighted by Crippen LogP contribution is 2.40. The molecule has 1 rings (SSSR count). The van der Waals surface area contributed by atoms with Crippen molar-refractivity contribution in [2.24, 2.45) is 10.2 Å². The quantitative estimate of drug-likeness (QED) is 0.589. The van der Waals surface area contributed by atoms with Crippen LogP contribution in [0.1, 0.15) is 34.1 Å². The van der Waals surface area contributed by atoms with Crippen molar-refractivity contribution >= 4 is 14.3 Å². The molecule has 19 heavy (non-hydrogen) atoms. The van der Waals surface area contributed by atoms with Gasteiger partial charge in [-0.2, -0.15) is 10.2 Å². The molecule has 1 heterocycles. The van der Waals surface area contributed by atoms with E-state index in [0.717, 1.165) is 0 Å². The van der Waals surface area contributed by atoms with Crippen LogP contribution in [0.15, 0.2) is 10.2 Å². The van der Waals surface area contributed by atoms with Crippen molar-refractivity contribution in [3.8, 4) is 0 Å². The summed E-state index contributed by atoms with van der Waals surface area (Å²) in [6.07, 6.45) is 0.252. The lowest BCUT2D eigenvalue weighted by atomic mass is 9.91. The van der Waals surface area contributed by atoms with E-state index in [2.05, 4.69) is 44.1 Å². The minimum atomic E-state index is -1.95. The molecular formula is C13H26N2O3Si. The number of carbonyl (C=O) groups excluding carboxylic acids is 1. The zero-order valence-corrected chi connectivity index (χ0v) is 14.1. The second kappa shape index (κ2) is 5.32. The van der Waals surface area contributed by atoms with Crippen LogP contribution in [-0.4, -0.2) is 39.6 Å². The van der Waals surface area contributed by atoms with Crippen LogP contribution < -0.4 is 0 Å². The summed E-state index contributed by atoms with van der Waals surface area (Å²) in [5.41, 5.74) is -0.954. The average molecular weight is 286 g/mol. The Hall–Kier alpha value is -0.753. The molecule has 0 fully saturated rings. The van der Waals surface area contributed by atoms with Crippen LogP contribution in [-0.2, 0) is 14.0 Å². The van der Waals surface area contributed by atoms with Gasteiger partial charge in [-0.15, -0.1) is 0 Å². The Labute approximate surface area is 116 Å². The van der Waals surface area contributed by atoms with E-state index < -0.39 is 13.9 Å². The second-order valence-electron chi connectivity index (χ2n) is 6.65. The van der Waals surface area contributed by atoms with E-state index in [0.29, 0.717) is 13.0 Å². The van der Waals surface area contributed by atoms with Gasteiger partial charge in [-0.25, -0.2) is 4.79 Å². The van der Waals surface area contributed by atoms with Crippen molar-refractivity contribution in [2.75, 3.05) is 13.7 Å². The first-order valence-corrected chi connectivity index (χ1v) is 9.62. The molecule has 0 radical (unpaired) electrons. The van der Waals surface area contributed by atoms with Crippen molar-refractivity contribution in [3.05, 3.63) is 0 Å². The lowest BCUT2D eigenvalue weighted by Crippen LogP contribution is -2.53. The first kappa shape index (κ1) is 16.3. The molecule has 0 unspecified atom stereocenters. The van der Waals surface area contributed by atoms with Gasteiger partial charge in [0.25, 0.3) is 0 Å². The minimum Gasteiger partial charge on any atom is -0.467 e. The topological polar surface area (TPSA) is 60.2 Å². The van der Waals surface area contributed by atoms with Crippen LogP contribution >= 0.6 is 0 Å². The van der Waals surface area contributed by atoms with Gasteiger partial charge in [-0.05, 0) is 25.1 Å². The Morgan fingerprint density at radius 1 is 1.37 bits per heavy atom. The average Bonchev–Trinajstić information content (AvgIpc) is 2.76. The number of rotatable bonds is 4. The lowest BCUT2D eigenvalue weighted by molar-refractivity contribution is -0.150. The predicted molar refractivity (Wildman–Crippen MR) is 76.8 cm³/mol. The fourth-order valence-corrected chi connectivity index (χ4v) is 3.37. The third-order valence-electron chi connectivity index (χ3n) is 4.33. The minimum absolute atomic E-state index is 0.0916. The number of ether oxygens (including phenoxy) is 1. The third-order valence-corrected chi connectivity index (χ3v) is 8.89. The summed E-state index contributed by atoms with van der Waals surface area (Å²) in [4.78, 5) is 12.1. The van der Waals surface area contributed by atoms with Crippen LogP contribution in [0.4, 0.5) is 0 Å². The highest BCUT2D eigenvalue weighted by atomic mass is 28.4. The van der Waals surface area contributed by atoms with Crippen molar-refractivity contribution in [2.45, 2.75) is 63.9 Å². The van der Waals surface area contributed by atoms with Gasteiger partial charge in [-0.3, -0.25) is 0 Å². The largest absolute Gasteiger partial charge is 0.467 e. The molecule has 1 aliphatic heterocycles. The first-order valence-electron chi connectivity index (χ1n) is 6.72. The van der Waals surface area contributed by atoms with Gasteiger partial charge >= 0.3 is 5.97 Å². The summed E-state index contributed by atoms with van der Waals surface area (Å²) >= 11 is 0. The van der Waals surface area contributed by atoms with E-state index in [1.165, 1.54) is 7.11 Å². The van der Waals surface area contributed by atoms with Gasteiger partial charge in [0.2, 0.25) is 5.54 Å². The predicted octanol–water partition coefficient (Wildman–Crippen LogP) is 3.16. The maximum Gasteiger partial charge on any atom is 0.338 e. The van der Waals surface area contributed by atoms with Gasteiger partial charge < -0.3 is 9.16 Å². The molecule has 2 atom stereocenters. The van der Waals surface area contributed by atoms with E-state index in [9.17, 15) is 4.79 Å². The first-order chi connectivity index (χ1) is 8.57. The van der Waals surface area contributed by atoms with Gasteiger partial charge in [-0.1, -0.05) is 20.8 Å². The maximum atomic E-state index is 12.1. The molecule has 0 saturated heterocycles. The number of azo groups is 1. The van der Waals surface area contributed by atoms with E-state index in [1.54, 1.807) is 0 Å². The molecule has 0 spiro atoms. The molecule has 0 aromatic carbocycles. The van der Waals surface area contributed by atoms with Gasteiger partial charge in [0.05, 0.1) is 19.8 Å². The molecule has 5 nitrogen and oxygen atoms in total. The van der Waals surface area contributed by atoms with Gasteiger partial charge in [0.15, 0.2) is 8.32 Å². The standard InChI is InChI=1S/C13H26N2O3Si/c1-10(18-19(6,7)12(2,3)4)13(11(16)17-5)8-9-14-15-13/h10H,8-9H2,1-7H3/t10-,13-/m1/s1. The maximum absolute atomic E-state index is 12.1. The smallest absolute Gasteiger partial charge is 0.338 e. The van der Waals surface area contributed by atoms with E-state index >= 15 is 0 Å². The summed E-state index contributed by atoms with van der Waals surface area (Å²) in [5.74, 6) is -0.347. The molecule has 6 heteroatoms. The number of nitrogens with zero attached hydrogens (tertiary/aromatic N) is 2. The van der Waals surface area contributed by atoms with Gasteiger partial charge in [0.1, 0.15) is 0 Å². The summed E-state index contributed by atoms with van der Waals surface area (Å²) < 4.78 is 11.2. The number of carbonyl (C=O) groups is 1. The van der Waals surface area contributed by atoms with Crippen LogP contribution in [0.25, 0.3) is 0 Å².